The van der Waals surface area contributed by atoms with Crippen LogP contribution in [0.15, 0.2) is 0 Å². The highest BCUT2D eigenvalue weighted by molar-refractivity contribution is 4.72. The van der Waals surface area contributed by atoms with Crippen molar-refractivity contribution >= 4 is 0 Å². The van der Waals surface area contributed by atoms with Gasteiger partial charge >= 0.3 is 0 Å². The van der Waals surface area contributed by atoms with Crippen molar-refractivity contribution < 1.29 is 20.4 Å². The van der Waals surface area contributed by atoms with Crippen LogP contribution in [0.4, 0.5) is 0 Å². The SMILES string of the molecule is CC(CO)C(C)CC(O)C(O)CCO. The van der Waals surface area contributed by atoms with Crippen molar-refractivity contribution in [3.05, 3.63) is 0 Å². The fourth-order valence-corrected chi connectivity index (χ4v) is 1.27. The van der Waals surface area contributed by atoms with E-state index in [0.717, 1.165) is 0 Å². The van der Waals surface area contributed by atoms with Crippen LogP contribution in [-0.2, 0) is 0 Å². The molecule has 0 radical (unpaired) electrons. The highest BCUT2D eigenvalue weighted by Gasteiger charge is 2.21. The topological polar surface area (TPSA) is 80.9 Å². The van der Waals surface area contributed by atoms with Gasteiger partial charge in [0.15, 0.2) is 0 Å². The Kier molecular flexibility index (Phi) is 7.09. The number of rotatable bonds is 7. The van der Waals surface area contributed by atoms with Gasteiger partial charge in [0.25, 0.3) is 0 Å². The van der Waals surface area contributed by atoms with Gasteiger partial charge in [-0.1, -0.05) is 13.8 Å². The third-order valence-electron chi connectivity index (χ3n) is 2.74. The molecule has 4 nitrogen and oxygen atoms in total. The van der Waals surface area contributed by atoms with E-state index in [1.165, 1.54) is 0 Å². The van der Waals surface area contributed by atoms with Crippen LogP contribution < -0.4 is 0 Å². The monoisotopic (exact) mass is 206 g/mol. The minimum atomic E-state index is -0.867. The zero-order chi connectivity index (χ0) is 11.1. The molecule has 0 fully saturated rings. The minimum absolute atomic E-state index is 0.0873. The second kappa shape index (κ2) is 7.17. The van der Waals surface area contributed by atoms with Crippen molar-refractivity contribution in [2.45, 2.75) is 38.9 Å². The minimum Gasteiger partial charge on any atom is -0.396 e. The molecule has 0 aromatic rings. The Morgan fingerprint density at radius 3 is 1.93 bits per heavy atom. The molecular formula is C10H22O4. The Morgan fingerprint density at radius 1 is 0.929 bits per heavy atom. The summed E-state index contributed by atoms with van der Waals surface area (Å²) >= 11 is 0. The van der Waals surface area contributed by atoms with Gasteiger partial charge in [-0.15, -0.1) is 0 Å². The quantitative estimate of drug-likeness (QED) is 0.463. The fraction of sp³-hybridized carbons (Fsp3) is 1.00. The lowest BCUT2D eigenvalue weighted by atomic mass is 9.89. The first kappa shape index (κ1) is 13.8. The molecule has 86 valence electrons. The summed E-state index contributed by atoms with van der Waals surface area (Å²) in [6.07, 6.45) is -1.04. The second-order valence-electron chi connectivity index (χ2n) is 4.02. The highest BCUT2D eigenvalue weighted by Crippen LogP contribution is 2.18. The molecule has 0 saturated heterocycles. The largest absolute Gasteiger partial charge is 0.396 e. The molecule has 0 aliphatic carbocycles. The van der Waals surface area contributed by atoms with E-state index < -0.39 is 12.2 Å². The van der Waals surface area contributed by atoms with E-state index in [0.29, 0.717) is 6.42 Å². The van der Waals surface area contributed by atoms with Crippen molar-refractivity contribution in [2.24, 2.45) is 11.8 Å². The van der Waals surface area contributed by atoms with Crippen LogP contribution in [0.2, 0.25) is 0 Å². The molecule has 0 aliphatic rings. The van der Waals surface area contributed by atoms with Crippen LogP contribution in [-0.4, -0.2) is 45.8 Å². The molecule has 4 atom stereocenters. The molecule has 0 spiro atoms. The fourth-order valence-electron chi connectivity index (χ4n) is 1.27. The Balaban J connectivity index is 3.85. The van der Waals surface area contributed by atoms with E-state index in [4.69, 9.17) is 10.2 Å². The maximum absolute atomic E-state index is 9.52. The molecule has 0 aliphatic heterocycles. The Morgan fingerprint density at radius 2 is 1.50 bits per heavy atom. The van der Waals surface area contributed by atoms with E-state index in [1.807, 2.05) is 13.8 Å². The Bertz CT molecular complexity index is 140. The molecule has 4 N–H and O–H groups in total. The molecule has 4 heteroatoms. The van der Waals surface area contributed by atoms with Crippen LogP contribution in [0.5, 0.6) is 0 Å². The Hall–Kier alpha value is -0.160. The third-order valence-corrected chi connectivity index (χ3v) is 2.74. The predicted molar refractivity (Wildman–Crippen MR) is 53.7 cm³/mol. The van der Waals surface area contributed by atoms with Crippen LogP contribution in [0.25, 0.3) is 0 Å². The van der Waals surface area contributed by atoms with Gasteiger partial charge in [0.1, 0.15) is 0 Å². The summed E-state index contributed by atoms with van der Waals surface area (Å²) in [6, 6.07) is 0. The van der Waals surface area contributed by atoms with Crippen LogP contribution >= 0.6 is 0 Å². The van der Waals surface area contributed by atoms with E-state index >= 15 is 0 Å². The summed E-state index contributed by atoms with van der Waals surface area (Å²) in [5.41, 5.74) is 0. The van der Waals surface area contributed by atoms with Crippen LogP contribution in [0.3, 0.4) is 0 Å². The maximum Gasteiger partial charge on any atom is 0.0821 e. The normalized spacial score (nSPS) is 20.1. The van der Waals surface area contributed by atoms with Crippen LogP contribution in [0.1, 0.15) is 26.7 Å². The number of hydrogen-bond donors (Lipinski definition) is 4. The summed E-state index contributed by atoms with van der Waals surface area (Å²) in [6.45, 7) is 3.79. The van der Waals surface area contributed by atoms with E-state index in [1.54, 1.807) is 0 Å². The van der Waals surface area contributed by atoms with Crippen molar-refractivity contribution in [3.63, 3.8) is 0 Å². The molecule has 0 bridgehead atoms. The first-order valence-electron chi connectivity index (χ1n) is 5.10. The lowest BCUT2D eigenvalue weighted by Crippen LogP contribution is -2.30. The average Bonchev–Trinajstić information content (AvgIpc) is 2.16. The molecule has 4 unspecified atom stereocenters. The van der Waals surface area contributed by atoms with Crippen molar-refractivity contribution in [2.75, 3.05) is 13.2 Å². The summed E-state index contributed by atoms with van der Waals surface area (Å²) in [4.78, 5) is 0. The molecular weight excluding hydrogens is 184 g/mol. The average molecular weight is 206 g/mol. The molecule has 14 heavy (non-hydrogen) atoms. The number of aliphatic hydroxyl groups excluding tert-OH is 4. The molecule has 0 saturated carbocycles. The zero-order valence-corrected chi connectivity index (χ0v) is 8.93. The van der Waals surface area contributed by atoms with Gasteiger partial charge in [-0.25, -0.2) is 0 Å². The van der Waals surface area contributed by atoms with E-state index in [9.17, 15) is 10.2 Å². The van der Waals surface area contributed by atoms with Gasteiger partial charge in [-0.2, -0.15) is 0 Å². The van der Waals surface area contributed by atoms with Crippen molar-refractivity contribution in [1.82, 2.24) is 0 Å². The van der Waals surface area contributed by atoms with Gasteiger partial charge in [-0.3, -0.25) is 0 Å². The Labute approximate surface area is 85.2 Å². The number of hydrogen-bond acceptors (Lipinski definition) is 4. The third kappa shape index (κ3) is 4.91. The summed E-state index contributed by atoms with van der Waals surface area (Å²) < 4.78 is 0. The molecule has 0 amide bonds. The lowest BCUT2D eigenvalue weighted by molar-refractivity contribution is -0.0121. The summed E-state index contributed by atoms with van der Waals surface area (Å²) in [7, 11) is 0. The predicted octanol–water partition coefficient (Wildman–Crippen LogP) is -0.255. The molecule has 0 rings (SSSR count). The maximum atomic E-state index is 9.52. The molecule has 0 aromatic carbocycles. The van der Waals surface area contributed by atoms with Gasteiger partial charge in [-0.05, 0) is 24.7 Å². The smallest absolute Gasteiger partial charge is 0.0821 e. The van der Waals surface area contributed by atoms with E-state index in [-0.39, 0.29) is 31.5 Å². The van der Waals surface area contributed by atoms with E-state index in [2.05, 4.69) is 0 Å². The van der Waals surface area contributed by atoms with Gasteiger partial charge in [0.2, 0.25) is 0 Å². The first-order chi connectivity index (χ1) is 6.52. The lowest BCUT2D eigenvalue weighted by Gasteiger charge is -2.23. The summed E-state index contributed by atoms with van der Waals surface area (Å²) in [5.74, 6) is 0.273. The molecule has 0 heterocycles. The highest BCUT2D eigenvalue weighted by atomic mass is 16.3. The van der Waals surface area contributed by atoms with Crippen molar-refractivity contribution in [3.8, 4) is 0 Å². The van der Waals surface area contributed by atoms with Gasteiger partial charge in [0, 0.05) is 13.2 Å². The standard InChI is InChI=1S/C10H22O4/c1-7(8(2)6-12)5-10(14)9(13)3-4-11/h7-14H,3-6H2,1-2H3. The zero-order valence-electron chi connectivity index (χ0n) is 8.93. The second-order valence-corrected chi connectivity index (χ2v) is 4.02. The molecule has 0 aromatic heterocycles. The number of aliphatic hydroxyl groups is 4. The first-order valence-corrected chi connectivity index (χ1v) is 5.10. The van der Waals surface area contributed by atoms with Crippen LogP contribution in [0, 0.1) is 11.8 Å². The van der Waals surface area contributed by atoms with Gasteiger partial charge in [0.05, 0.1) is 12.2 Å². The summed E-state index contributed by atoms with van der Waals surface area (Å²) in [5, 5.41) is 36.3. The van der Waals surface area contributed by atoms with Crippen molar-refractivity contribution in [1.29, 1.82) is 0 Å². The van der Waals surface area contributed by atoms with Gasteiger partial charge < -0.3 is 20.4 Å².